The molecule has 2 N–H and O–H groups in total. The average molecular weight is 402 g/mol. The molecule has 6 nitrogen and oxygen atoms in total. The lowest BCUT2D eigenvalue weighted by Crippen LogP contribution is -2.24. The van der Waals surface area contributed by atoms with Crippen molar-refractivity contribution in [2.75, 3.05) is 5.32 Å². The van der Waals surface area contributed by atoms with E-state index >= 15 is 0 Å². The van der Waals surface area contributed by atoms with Crippen LogP contribution >= 0.6 is 34.9 Å². The van der Waals surface area contributed by atoms with Gasteiger partial charge in [-0.15, -0.1) is 11.3 Å². The Hall–Kier alpha value is -2.36. The molecule has 0 aliphatic carbocycles. The highest BCUT2D eigenvalue weighted by Crippen LogP contribution is 2.29. The number of nitrogens with zero attached hydrogens (tertiary/aromatic N) is 3. The Morgan fingerprint density at radius 1 is 1.38 bits per heavy atom. The van der Waals surface area contributed by atoms with Gasteiger partial charge in [0.1, 0.15) is 6.04 Å². The minimum absolute atomic E-state index is 0.184. The number of hydrogen-bond acceptors (Lipinski definition) is 6. The van der Waals surface area contributed by atoms with Gasteiger partial charge >= 0.3 is 0 Å². The summed E-state index contributed by atoms with van der Waals surface area (Å²) in [5.74, 6) is 0.476. The number of aromatic amines is 1. The van der Waals surface area contributed by atoms with E-state index in [1.165, 1.54) is 11.3 Å². The number of aromatic nitrogens is 4. The van der Waals surface area contributed by atoms with Crippen LogP contribution in [0, 0.1) is 11.7 Å². The predicted octanol–water partition coefficient (Wildman–Crippen LogP) is 4.79. The molecule has 4 rings (SSSR count). The lowest BCUT2D eigenvalue weighted by molar-refractivity contribution is -0.118. The first-order valence-corrected chi connectivity index (χ1v) is 10.0. The molecule has 1 aromatic carbocycles. The molecular formula is C17H15N5OS3. The van der Waals surface area contributed by atoms with Crippen molar-refractivity contribution in [1.29, 1.82) is 0 Å². The van der Waals surface area contributed by atoms with Crippen molar-refractivity contribution in [2.45, 2.75) is 19.9 Å². The van der Waals surface area contributed by atoms with Crippen LogP contribution in [0.15, 0.2) is 35.7 Å². The third kappa shape index (κ3) is 3.09. The van der Waals surface area contributed by atoms with E-state index in [4.69, 9.17) is 12.2 Å². The molecule has 0 bridgehead atoms. The van der Waals surface area contributed by atoms with E-state index in [1.54, 1.807) is 22.8 Å². The summed E-state index contributed by atoms with van der Waals surface area (Å²) in [7, 11) is 0. The predicted molar refractivity (Wildman–Crippen MR) is 108 cm³/mol. The number of amides is 1. The van der Waals surface area contributed by atoms with Crippen LogP contribution in [0.2, 0.25) is 0 Å². The monoisotopic (exact) mass is 401 g/mol. The van der Waals surface area contributed by atoms with Crippen molar-refractivity contribution in [3.8, 4) is 10.7 Å². The fourth-order valence-corrected chi connectivity index (χ4v) is 4.62. The maximum absolute atomic E-state index is 12.8. The summed E-state index contributed by atoms with van der Waals surface area (Å²) >= 11 is 8.34. The van der Waals surface area contributed by atoms with Crippen LogP contribution < -0.4 is 5.32 Å². The van der Waals surface area contributed by atoms with Crippen LogP contribution in [0.3, 0.4) is 0 Å². The molecular weight excluding hydrogens is 386 g/mol. The van der Waals surface area contributed by atoms with E-state index in [2.05, 4.69) is 26.6 Å². The van der Waals surface area contributed by atoms with E-state index in [0.29, 0.717) is 15.7 Å². The summed E-state index contributed by atoms with van der Waals surface area (Å²) in [6.07, 6.45) is 0. The molecule has 3 aromatic heterocycles. The molecule has 0 spiro atoms. The molecule has 0 aliphatic rings. The van der Waals surface area contributed by atoms with E-state index < -0.39 is 6.04 Å². The van der Waals surface area contributed by atoms with Gasteiger partial charge in [-0.25, -0.2) is 4.98 Å². The van der Waals surface area contributed by atoms with Crippen molar-refractivity contribution in [3.05, 3.63) is 46.0 Å². The summed E-state index contributed by atoms with van der Waals surface area (Å²) in [5.41, 5.74) is 2.04. The third-order valence-electron chi connectivity index (χ3n) is 3.99. The van der Waals surface area contributed by atoms with Crippen LogP contribution in [0.1, 0.15) is 18.5 Å². The van der Waals surface area contributed by atoms with Crippen molar-refractivity contribution >= 4 is 56.1 Å². The lowest BCUT2D eigenvalue weighted by Gasteiger charge is -2.14. The maximum Gasteiger partial charge on any atom is 0.249 e. The molecule has 1 amide bonds. The van der Waals surface area contributed by atoms with E-state index in [-0.39, 0.29) is 5.91 Å². The van der Waals surface area contributed by atoms with Crippen molar-refractivity contribution in [3.63, 3.8) is 0 Å². The second-order valence-electron chi connectivity index (χ2n) is 5.86. The molecule has 1 atom stereocenters. The number of hydrogen-bond donors (Lipinski definition) is 2. The molecule has 1 unspecified atom stereocenters. The van der Waals surface area contributed by atoms with Crippen LogP contribution in [-0.4, -0.2) is 25.7 Å². The summed E-state index contributed by atoms with van der Waals surface area (Å²) in [5, 5.41) is 12.5. The number of carbonyl (C=O) groups excluding carboxylic acids is 1. The molecule has 132 valence electrons. The number of nitrogens with one attached hydrogen (secondary N) is 2. The zero-order valence-electron chi connectivity index (χ0n) is 14.0. The standard InChI is InChI=1S/C17H15N5OS3/c1-9-5-6-11-13(8-9)26-16(18-11)19-15(23)10(2)22-14(20-21-17(22)24)12-4-3-7-25-12/h3-8,10H,1-2H3,(H,21,24)(H,18,19,23). The van der Waals surface area contributed by atoms with Crippen LogP contribution in [0.4, 0.5) is 5.13 Å². The van der Waals surface area contributed by atoms with Gasteiger partial charge in [0.15, 0.2) is 15.7 Å². The van der Waals surface area contributed by atoms with E-state index in [1.807, 2.05) is 36.6 Å². The Kier molecular flexibility index (Phi) is 4.43. The zero-order chi connectivity index (χ0) is 18.3. The number of H-pyrrole nitrogens is 1. The highest BCUT2D eigenvalue weighted by Gasteiger charge is 2.22. The van der Waals surface area contributed by atoms with Gasteiger partial charge in [-0.1, -0.05) is 23.5 Å². The smallest absolute Gasteiger partial charge is 0.249 e. The summed E-state index contributed by atoms with van der Waals surface area (Å²) in [6.45, 7) is 3.83. The highest BCUT2D eigenvalue weighted by molar-refractivity contribution is 7.71. The Morgan fingerprint density at radius 3 is 3.00 bits per heavy atom. The first-order valence-electron chi connectivity index (χ1n) is 7.92. The van der Waals surface area contributed by atoms with E-state index in [0.717, 1.165) is 20.7 Å². The van der Waals surface area contributed by atoms with Gasteiger partial charge in [-0.05, 0) is 55.2 Å². The molecule has 0 fully saturated rings. The van der Waals surface area contributed by atoms with Crippen molar-refractivity contribution in [1.82, 2.24) is 19.7 Å². The van der Waals surface area contributed by atoms with Crippen LogP contribution in [0.25, 0.3) is 20.9 Å². The van der Waals surface area contributed by atoms with Gasteiger partial charge in [0, 0.05) is 0 Å². The molecule has 0 saturated carbocycles. The minimum atomic E-state index is -0.521. The maximum atomic E-state index is 12.8. The molecule has 0 radical (unpaired) electrons. The lowest BCUT2D eigenvalue weighted by atomic mass is 10.2. The summed E-state index contributed by atoms with van der Waals surface area (Å²) in [6, 6.07) is 9.40. The fourth-order valence-electron chi connectivity index (χ4n) is 2.66. The Balaban J connectivity index is 1.62. The second-order valence-corrected chi connectivity index (χ2v) is 8.22. The summed E-state index contributed by atoms with van der Waals surface area (Å²) in [4.78, 5) is 18.2. The van der Waals surface area contributed by atoms with Crippen molar-refractivity contribution in [2.24, 2.45) is 0 Å². The second kappa shape index (κ2) is 6.75. The Morgan fingerprint density at radius 2 is 2.23 bits per heavy atom. The summed E-state index contributed by atoms with van der Waals surface area (Å²) < 4.78 is 3.19. The highest BCUT2D eigenvalue weighted by atomic mass is 32.1. The molecule has 26 heavy (non-hydrogen) atoms. The fraction of sp³-hybridized carbons (Fsp3) is 0.176. The van der Waals surface area contributed by atoms with Gasteiger partial charge in [-0.3, -0.25) is 14.5 Å². The molecule has 3 heterocycles. The first-order chi connectivity index (χ1) is 12.5. The molecule has 0 aliphatic heterocycles. The molecule has 9 heteroatoms. The molecule has 4 aromatic rings. The first kappa shape index (κ1) is 17.1. The van der Waals surface area contributed by atoms with E-state index in [9.17, 15) is 4.79 Å². The van der Waals surface area contributed by atoms with Gasteiger partial charge in [0.2, 0.25) is 5.91 Å². The van der Waals surface area contributed by atoms with Gasteiger partial charge in [0.25, 0.3) is 0 Å². The Labute approximate surface area is 162 Å². The van der Waals surface area contributed by atoms with Gasteiger partial charge in [0.05, 0.1) is 15.1 Å². The van der Waals surface area contributed by atoms with Gasteiger partial charge in [-0.2, -0.15) is 5.10 Å². The number of rotatable bonds is 4. The number of fused-ring (bicyclic) bond motifs is 1. The third-order valence-corrected chi connectivity index (χ3v) is 6.07. The van der Waals surface area contributed by atoms with Crippen LogP contribution in [-0.2, 0) is 4.79 Å². The quantitative estimate of drug-likeness (QED) is 0.482. The zero-order valence-corrected chi connectivity index (χ0v) is 16.5. The van der Waals surface area contributed by atoms with Crippen LogP contribution in [0.5, 0.6) is 0 Å². The number of carbonyl (C=O) groups is 1. The minimum Gasteiger partial charge on any atom is -0.300 e. The average Bonchev–Trinajstić information content (AvgIpc) is 3.32. The number of anilines is 1. The normalized spacial score (nSPS) is 12.4. The largest absolute Gasteiger partial charge is 0.300 e. The van der Waals surface area contributed by atoms with Crippen molar-refractivity contribution < 1.29 is 4.79 Å². The SMILES string of the molecule is Cc1ccc2nc(NC(=O)C(C)n3c(-c4cccs4)n[nH]c3=S)sc2c1. The van der Waals surface area contributed by atoms with Gasteiger partial charge < -0.3 is 5.32 Å². The Bertz CT molecular complexity index is 1140. The number of thiazole rings is 1. The number of thiophene rings is 1. The molecule has 0 saturated heterocycles. The number of benzene rings is 1. The topological polar surface area (TPSA) is 75.6 Å². The number of aryl methyl sites for hydroxylation is 1.